The van der Waals surface area contributed by atoms with E-state index in [0.29, 0.717) is 24.0 Å². The average Bonchev–Trinajstić information content (AvgIpc) is 3.30. The van der Waals surface area contributed by atoms with Gasteiger partial charge < -0.3 is 4.90 Å². The Morgan fingerprint density at radius 3 is 2.52 bits per heavy atom. The van der Waals surface area contributed by atoms with Crippen LogP contribution in [0.25, 0.3) is 16.7 Å². The summed E-state index contributed by atoms with van der Waals surface area (Å²) >= 11 is 0. The Bertz CT molecular complexity index is 1040. The lowest BCUT2D eigenvalue weighted by Crippen LogP contribution is -2.30. The number of carbonyl (C=O) groups is 1. The lowest BCUT2D eigenvalue weighted by Gasteiger charge is -2.15. The molecule has 1 aliphatic rings. The van der Waals surface area contributed by atoms with Crippen molar-refractivity contribution in [3.05, 3.63) is 58.3 Å². The minimum absolute atomic E-state index is 0.0792. The molecule has 140 valence electrons. The van der Waals surface area contributed by atoms with Gasteiger partial charge in [-0.15, -0.1) is 0 Å². The molecule has 1 aromatic carbocycles. The van der Waals surface area contributed by atoms with Gasteiger partial charge in [0.1, 0.15) is 0 Å². The van der Waals surface area contributed by atoms with Crippen molar-refractivity contribution in [1.29, 1.82) is 0 Å². The highest BCUT2D eigenvalue weighted by Crippen LogP contribution is 2.24. The van der Waals surface area contributed by atoms with Crippen LogP contribution in [0, 0.1) is 13.8 Å². The molecule has 0 saturated carbocycles. The summed E-state index contributed by atoms with van der Waals surface area (Å²) in [4.78, 5) is 31.8. The van der Waals surface area contributed by atoms with E-state index in [1.54, 1.807) is 10.9 Å². The van der Waals surface area contributed by atoms with Crippen LogP contribution in [0.5, 0.6) is 0 Å². The number of para-hydroxylation sites is 1. The van der Waals surface area contributed by atoms with Gasteiger partial charge in [0.2, 0.25) is 5.91 Å². The summed E-state index contributed by atoms with van der Waals surface area (Å²) in [7, 11) is 0. The van der Waals surface area contributed by atoms with Crippen LogP contribution in [-0.2, 0) is 11.3 Å². The highest BCUT2D eigenvalue weighted by Gasteiger charge is 2.20. The Kier molecular flexibility index (Phi) is 4.56. The van der Waals surface area contributed by atoms with Gasteiger partial charge in [0, 0.05) is 37.4 Å². The third-order valence-electron chi connectivity index (χ3n) is 5.52. The number of hydrogen-bond acceptors (Lipinski definition) is 3. The second-order valence-electron chi connectivity index (χ2n) is 7.16. The molecule has 0 radical (unpaired) electrons. The molecule has 2 aromatic heterocycles. The highest BCUT2D eigenvalue weighted by atomic mass is 16.2. The first kappa shape index (κ1) is 17.5. The molecule has 0 atom stereocenters. The van der Waals surface area contributed by atoms with Crippen LogP contribution in [0.3, 0.4) is 0 Å². The maximum atomic E-state index is 13.1. The zero-order valence-corrected chi connectivity index (χ0v) is 15.8. The summed E-state index contributed by atoms with van der Waals surface area (Å²) in [5.41, 5.74) is 3.52. The molecule has 4 rings (SSSR count). The predicted molar refractivity (Wildman–Crippen MR) is 105 cm³/mol. The predicted octanol–water partition coefficient (Wildman–Crippen LogP) is 2.82. The molecule has 0 unspecified atom stereocenters. The SMILES string of the molecule is Cc1c(C)n(-c2ccccc2)c2ncn(CCC(=O)N3CCCC3)c(=O)c12. The Morgan fingerprint density at radius 2 is 1.81 bits per heavy atom. The fourth-order valence-electron chi connectivity index (χ4n) is 3.88. The number of carbonyl (C=O) groups excluding carboxylic acids is 1. The molecule has 3 heterocycles. The van der Waals surface area contributed by atoms with Crippen molar-refractivity contribution in [2.45, 2.75) is 39.7 Å². The van der Waals surface area contributed by atoms with E-state index in [0.717, 1.165) is 42.9 Å². The Labute approximate surface area is 158 Å². The molecule has 0 N–H and O–H groups in total. The van der Waals surface area contributed by atoms with Crippen LogP contribution in [0.2, 0.25) is 0 Å². The molecular weight excluding hydrogens is 340 g/mol. The zero-order valence-electron chi connectivity index (χ0n) is 15.8. The fraction of sp³-hybridized carbons (Fsp3) is 0.381. The lowest BCUT2D eigenvalue weighted by molar-refractivity contribution is -0.130. The van der Waals surface area contributed by atoms with Crippen molar-refractivity contribution in [1.82, 2.24) is 19.0 Å². The number of hydrogen-bond donors (Lipinski definition) is 0. The number of rotatable bonds is 4. The van der Waals surface area contributed by atoms with Gasteiger partial charge in [0.25, 0.3) is 5.56 Å². The van der Waals surface area contributed by atoms with Gasteiger partial charge in [0.15, 0.2) is 5.65 Å². The van der Waals surface area contributed by atoms with Gasteiger partial charge in [-0.3, -0.25) is 18.7 Å². The van der Waals surface area contributed by atoms with Crippen molar-refractivity contribution in [2.24, 2.45) is 0 Å². The van der Waals surface area contributed by atoms with Crippen LogP contribution in [-0.4, -0.2) is 38.0 Å². The topological polar surface area (TPSA) is 60.1 Å². The molecule has 1 aliphatic heterocycles. The van der Waals surface area contributed by atoms with Crippen molar-refractivity contribution in [2.75, 3.05) is 13.1 Å². The van der Waals surface area contributed by atoms with Crippen LogP contribution >= 0.6 is 0 Å². The van der Waals surface area contributed by atoms with E-state index in [1.165, 1.54) is 0 Å². The van der Waals surface area contributed by atoms with E-state index in [4.69, 9.17) is 0 Å². The number of aromatic nitrogens is 3. The standard InChI is InChI=1S/C21H24N4O2/c1-15-16(2)25(17-8-4-3-5-9-17)20-19(15)21(27)24(14-22-20)13-10-18(26)23-11-6-7-12-23/h3-5,8-9,14H,6-7,10-13H2,1-2H3. The largest absolute Gasteiger partial charge is 0.343 e. The molecular formula is C21H24N4O2. The fourth-order valence-corrected chi connectivity index (χ4v) is 3.88. The Morgan fingerprint density at radius 1 is 1.11 bits per heavy atom. The number of nitrogens with zero attached hydrogens (tertiary/aromatic N) is 4. The summed E-state index contributed by atoms with van der Waals surface area (Å²) in [5.74, 6) is 0.120. The molecule has 1 saturated heterocycles. The summed E-state index contributed by atoms with van der Waals surface area (Å²) in [6, 6.07) is 9.93. The van der Waals surface area contributed by atoms with Crippen molar-refractivity contribution in [3.63, 3.8) is 0 Å². The third-order valence-corrected chi connectivity index (χ3v) is 5.52. The van der Waals surface area contributed by atoms with Crippen LogP contribution in [0.15, 0.2) is 41.5 Å². The Balaban J connectivity index is 1.69. The smallest absolute Gasteiger partial charge is 0.263 e. The summed E-state index contributed by atoms with van der Waals surface area (Å²) in [6.07, 6.45) is 4.06. The minimum Gasteiger partial charge on any atom is -0.343 e. The monoisotopic (exact) mass is 364 g/mol. The molecule has 0 spiro atoms. The molecule has 6 nitrogen and oxygen atoms in total. The van der Waals surface area contributed by atoms with Gasteiger partial charge in [0.05, 0.1) is 11.7 Å². The highest BCUT2D eigenvalue weighted by molar-refractivity contribution is 5.83. The molecule has 1 fully saturated rings. The molecule has 0 bridgehead atoms. The summed E-state index contributed by atoms with van der Waals surface area (Å²) in [6.45, 7) is 6.00. The van der Waals surface area contributed by atoms with E-state index >= 15 is 0 Å². The first-order valence-electron chi connectivity index (χ1n) is 9.48. The Hall–Kier alpha value is -2.89. The van der Waals surface area contributed by atoms with Gasteiger partial charge in [-0.25, -0.2) is 4.98 Å². The summed E-state index contributed by atoms with van der Waals surface area (Å²) in [5, 5.41) is 0.632. The zero-order chi connectivity index (χ0) is 19.0. The van der Waals surface area contributed by atoms with Gasteiger partial charge in [-0.2, -0.15) is 0 Å². The number of benzene rings is 1. The minimum atomic E-state index is -0.0792. The third kappa shape index (κ3) is 3.05. The van der Waals surface area contributed by atoms with E-state index in [9.17, 15) is 9.59 Å². The van der Waals surface area contributed by atoms with E-state index < -0.39 is 0 Å². The quantitative estimate of drug-likeness (QED) is 0.715. The van der Waals surface area contributed by atoms with Crippen LogP contribution in [0.4, 0.5) is 0 Å². The second kappa shape index (κ2) is 7.02. The van der Waals surface area contributed by atoms with E-state index in [1.807, 2.05) is 53.6 Å². The number of aryl methyl sites for hydroxylation is 2. The number of likely N-dealkylation sites (tertiary alicyclic amines) is 1. The summed E-state index contributed by atoms with van der Waals surface area (Å²) < 4.78 is 3.59. The van der Waals surface area contributed by atoms with E-state index in [-0.39, 0.29) is 11.5 Å². The van der Waals surface area contributed by atoms with Gasteiger partial charge >= 0.3 is 0 Å². The van der Waals surface area contributed by atoms with Gasteiger partial charge in [-0.05, 0) is 44.4 Å². The maximum Gasteiger partial charge on any atom is 0.263 e. The first-order chi connectivity index (χ1) is 13.1. The molecule has 3 aromatic rings. The average molecular weight is 364 g/mol. The first-order valence-corrected chi connectivity index (χ1v) is 9.48. The van der Waals surface area contributed by atoms with Gasteiger partial charge in [-0.1, -0.05) is 18.2 Å². The molecule has 6 heteroatoms. The normalized spacial score (nSPS) is 14.2. The molecule has 27 heavy (non-hydrogen) atoms. The second-order valence-corrected chi connectivity index (χ2v) is 7.16. The lowest BCUT2D eigenvalue weighted by atomic mass is 10.2. The van der Waals surface area contributed by atoms with Crippen molar-refractivity contribution in [3.8, 4) is 5.69 Å². The maximum absolute atomic E-state index is 13.1. The molecule has 1 amide bonds. The van der Waals surface area contributed by atoms with Crippen molar-refractivity contribution < 1.29 is 4.79 Å². The van der Waals surface area contributed by atoms with Crippen LogP contribution in [0.1, 0.15) is 30.5 Å². The molecule has 0 aliphatic carbocycles. The number of fused-ring (bicyclic) bond motifs is 1. The van der Waals surface area contributed by atoms with Crippen LogP contribution < -0.4 is 5.56 Å². The van der Waals surface area contributed by atoms with Crippen molar-refractivity contribution >= 4 is 16.9 Å². The number of amides is 1. The van der Waals surface area contributed by atoms with E-state index in [2.05, 4.69) is 4.98 Å².